The molecule has 0 aromatic heterocycles. The normalized spacial score (nSPS) is 12.7. The van der Waals surface area contributed by atoms with Gasteiger partial charge in [-0.1, -0.05) is 30.3 Å². The Morgan fingerprint density at radius 3 is 2.27 bits per heavy atom. The molecule has 0 amide bonds. The van der Waals surface area contributed by atoms with Gasteiger partial charge in [-0.2, -0.15) is 0 Å². The van der Waals surface area contributed by atoms with Crippen LogP contribution in [0.5, 0.6) is 11.5 Å². The molecule has 22 heavy (non-hydrogen) atoms. The highest BCUT2D eigenvalue weighted by molar-refractivity contribution is 7.89. The predicted octanol–water partition coefficient (Wildman–Crippen LogP) is 2.74. The molecule has 2 aromatic rings. The third-order valence-electron chi connectivity index (χ3n) is 3.29. The Labute approximate surface area is 130 Å². The molecule has 1 N–H and O–H groups in total. The van der Waals surface area contributed by atoms with Gasteiger partial charge in [0.2, 0.25) is 10.0 Å². The number of sulfonamides is 1. The van der Waals surface area contributed by atoms with E-state index < -0.39 is 10.0 Å². The molecule has 2 aromatic carbocycles. The molecule has 0 bridgehead atoms. The smallest absolute Gasteiger partial charge is 0.244 e. The molecule has 0 saturated carbocycles. The highest BCUT2D eigenvalue weighted by Gasteiger charge is 2.23. The van der Waals surface area contributed by atoms with E-state index in [1.165, 1.54) is 20.3 Å². The van der Waals surface area contributed by atoms with Crippen molar-refractivity contribution in [2.45, 2.75) is 17.9 Å². The Morgan fingerprint density at radius 2 is 1.68 bits per heavy atom. The molecule has 0 saturated heterocycles. The zero-order valence-electron chi connectivity index (χ0n) is 12.7. The summed E-state index contributed by atoms with van der Waals surface area (Å²) in [4.78, 5) is 0.0529. The van der Waals surface area contributed by atoms with E-state index in [0.717, 1.165) is 5.56 Å². The molecule has 1 atom stereocenters. The summed E-state index contributed by atoms with van der Waals surface area (Å²) >= 11 is 0. The minimum atomic E-state index is -3.74. The minimum Gasteiger partial charge on any atom is -0.497 e. The van der Waals surface area contributed by atoms with Crippen LogP contribution in [0, 0.1) is 0 Å². The van der Waals surface area contributed by atoms with E-state index in [9.17, 15) is 8.42 Å². The highest BCUT2D eigenvalue weighted by atomic mass is 32.2. The molecule has 118 valence electrons. The summed E-state index contributed by atoms with van der Waals surface area (Å²) in [5.74, 6) is 0.724. The third-order valence-corrected chi connectivity index (χ3v) is 4.85. The second kappa shape index (κ2) is 6.81. The Kier molecular flexibility index (Phi) is 5.05. The summed E-state index contributed by atoms with van der Waals surface area (Å²) in [6.45, 7) is 1.79. The SMILES string of the molecule is COc1ccc(OC)c(S(=O)(=O)N[C@H](C)c2ccccc2)c1. The lowest BCUT2D eigenvalue weighted by Crippen LogP contribution is -2.27. The van der Waals surface area contributed by atoms with E-state index >= 15 is 0 Å². The predicted molar refractivity (Wildman–Crippen MR) is 84.7 cm³/mol. The van der Waals surface area contributed by atoms with Crippen molar-refractivity contribution in [3.8, 4) is 11.5 Å². The third kappa shape index (κ3) is 3.58. The van der Waals surface area contributed by atoms with Crippen LogP contribution in [0.3, 0.4) is 0 Å². The van der Waals surface area contributed by atoms with E-state index in [4.69, 9.17) is 9.47 Å². The van der Waals surface area contributed by atoms with Crippen LogP contribution in [0.15, 0.2) is 53.4 Å². The summed E-state index contributed by atoms with van der Waals surface area (Å²) < 4.78 is 38.1. The van der Waals surface area contributed by atoms with Crippen LogP contribution >= 0.6 is 0 Å². The maximum absolute atomic E-state index is 12.6. The molecular weight excluding hydrogens is 302 g/mol. The number of hydrogen-bond donors (Lipinski definition) is 1. The van der Waals surface area contributed by atoms with Crippen molar-refractivity contribution >= 4 is 10.0 Å². The van der Waals surface area contributed by atoms with Crippen molar-refractivity contribution in [2.75, 3.05) is 14.2 Å². The van der Waals surface area contributed by atoms with Crippen molar-refractivity contribution in [2.24, 2.45) is 0 Å². The fourth-order valence-electron chi connectivity index (χ4n) is 2.10. The zero-order valence-corrected chi connectivity index (χ0v) is 13.6. The van der Waals surface area contributed by atoms with Gasteiger partial charge in [-0.15, -0.1) is 0 Å². The summed E-state index contributed by atoms with van der Waals surface area (Å²) in [5, 5.41) is 0. The van der Waals surface area contributed by atoms with E-state index in [1.807, 2.05) is 30.3 Å². The van der Waals surface area contributed by atoms with Gasteiger partial charge >= 0.3 is 0 Å². The topological polar surface area (TPSA) is 64.6 Å². The van der Waals surface area contributed by atoms with Gasteiger partial charge in [0, 0.05) is 12.1 Å². The fraction of sp³-hybridized carbons (Fsp3) is 0.250. The van der Waals surface area contributed by atoms with E-state index in [1.54, 1.807) is 19.1 Å². The van der Waals surface area contributed by atoms with Gasteiger partial charge in [0.1, 0.15) is 16.4 Å². The van der Waals surface area contributed by atoms with Gasteiger partial charge in [0.05, 0.1) is 14.2 Å². The lowest BCUT2D eigenvalue weighted by molar-refractivity contribution is 0.391. The Bertz CT molecular complexity index is 729. The number of methoxy groups -OCH3 is 2. The number of hydrogen-bond acceptors (Lipinski definition) is 4. The van der Waals surface area contributed by atoms with Crippen LogP contribution in [-0.2, 0) is 10.0 Å². The average Bonchev–Trinajstić information content (AvgIpc) is 2.54. The minimum absolute atomic E-state index is 0.0529. The van der Waals surface area contributed by atoms with Crippen LogP contribution in [0.1, 0.15) is 18.5 Å². The van der Waals surface area contributed by atoms with Gasteiger partial charge < -0.3 is 9.47 Å². The highest BCUT2D eigenvalue weighted by Crippen LogP contribution is 2.29. The van der Waals surface area contributed by atoms with Crippen molar-refractivity contribution in [1.29, 1.82) is 0 Å². The monoisotopic (exact) mass is 321 g/mol. The van der Waals surface area contributed by atoms with Crippen LogP contribution < -0.4 is 14.2 Å². The van der Waals surface area contributed by atoms with Gasteiger partial charge in [0.15, 0.2) is 0 Å². The summed E-state index contributed by atoms with van der Waals surface area (Å²) in [7, 11) is -0.822. The van der Waals surface area contributed by atoms with Gasteiger partial charge in [0.25, 0.3) is 0 Å². The molecule has 0 aliphatic carbocycles. The number of nitrogens with one attached hydrogen (secondary N) is 1. The van der Waals surface area contributed by atoms with Crippen LogP contribution in [0.4, 0.5) is 0 Å². The molecule has 0 fully saturated rings. The van der Waals surface area contributed by atoms with Crippen molar-refractivity contribution < 1.29 is 17.9 Å². The first-order valence-electron chi connectivity index (χ1n) is 6.77. The summed E-state index contributed by atoms with van der Waals surface area (Å²) in [6, 6.07) is 13.7. The molecule has 5 nitrogen and oxygen atoms in total. The molecule has 0 radical (unpaired) electrons. The lowest BCUT2D eigenvalue weighted by Gasteiger charge is -2.16. The Balaban J connectivity index is 2.34. The van der Waals surface area contributed by atoms with E-state index in [-0.39, 0.29) is 16.7 Å². The van der Waals surface area contributed by atoms with Gasteiger partial charge in [-0.05, 0) is 24.6 Å². The maximum Gasteiger partial charge on any atom is 0.244 e. The Hall–Kier alpha value is -2.05. The molecule has 6 heteroatoms. The first-order valence-corrected chi connectivity index (χ1v) is 8.25. The quantitative estimate of drug-likeness (QED) is 0.888. The number of ether oxygens (including phenoxy) is 2. The van der Waals surface area contributed by atoms with Crippen molar-refractivity contribution in [1.82, 2.24) is 4.72 Å². The molecule has 2 rings (SSSR count). The second-order valence-corrected chi connectivity index (χ2v) is 6.45. The Morgan fingerprint density at radius 1 is 1.00 bits per heavy atom. The number of rotatable bonds is 6. The molecule has 0 unspecified atom stereocenters. The molecule has 0 aliphatic heterocycles. The first kappa shape index (κ1) is 16.3. The first-order chi connectivity index (χ1) is 10.5. The van der Waals surface area contributed by atoms with Crippen molar-refractivity contribution in [3.63, 3.8) is 0 Å². The van der Waals surface area contributed by atoms with Crippen LogP contribution in [0.25, 0.3) is 0 Å². The number of benzene rings is 2. The molecule has 0 aliphatic rings. The second-order valence-electron chi connectivity index (χ2n) is 4.77. The van der Waals surface area contributed by atoms with Crippen molar-refractivity contribution in [3.05, 3.63) is 54.1 Å². The average molecular weight is 321 g/mol. The standard InChI is InChI=1S/C16H19NO4S/c1-12(13-7-5-4-6-8-13)17-22(18,19)16-11-14(20-2)9-10-15(16)21-3/h4-12,17H,1-3H3/t12-/m1/s1. The summed E-state index contributed by atoms with van der Waals surface area (Å²) in [6.07, 6.45) is 0. The maximum atomic E-state index is 12.6. The zero-order chi connectivity index (χ0) is 16.2. The molecule has 0 spiro atoms. The van der Waals surface area contributed by atoms with E-state index in [2.05, 4.69) is 4.72 Å². The van der Waals surface area contributed by atoms with Crippen LogP contribution in [0.2, 0.25) is 0 Å². The fourth-order valence-corrected chi connectivity index (χ4v) is 3.52. The largest absolute Gasteiger partial charge is 0.497 e. The summed E-state index contributed by atoms with van der Waals surface area (Å²) in [5.41, 5.74) is 0.882. The lowest BCUT2D eigenvalue weighted by atomic mass is 10.1. The molecule has 0 heterocycles. The van der Waals surface area contributed by atoms with Crippen LogP contribution in [-0.4, -0.2) is 22.6 Å². The van der Waals surface area contributed by atoms with Gasteiger partial charge in [-0.3, -0.25) is 0 Å². The molecular formula is C16H19NO4S. The van der Waals surface area contributed by atoms with E-state index in [0.29, 0.717) is 5.75 Å². The van der Waals surface area contributed by atoms with Gasteiger partial charge in [-0.25, -0.2) is 13.1 Å².